The molecule has 0 saturated carbocycles. The molecule has 21 aliphatic heterocycles. The number of aliphatic hydroxyl groups is 28. The first-order valence-electron chi connectivity index (χ1n) is 36.2. The minimum absolute atomic E-state index is 0.207. The summed E-state index contributed by atoms with van der Waals surface area (Å²) in [4.78, 5) is 0. The second-order valence-electron chi connectivity index (χ2n) is 28.0. The number of rotatable bonds is 35. The lowest BCUT2D eigenvalue weighted by atomic mass is 9.95. The quantitative estimate of drug-likeness (QED) is 0.0280. The van der Waals surface area contributed by atoms with E-state index in [1.54, 1.807) is 0 Å². The Kier molecular flexibility index (Phi) is 42.2. The monoisotopic (exact) mass is 1760 g/mol. The predicted octanol–water partition coefficient (Wildman–Crippen LogP) is -14.6. The van der Waals surface area contributed by atoms with E-state index in [1.165, 1.54) is 0 Å². The predicted molar refractivity (Wildman–Crippen MR) is 392 cm³/mol. The normalized spacial score (nSPS) is 43.9. The molecule has 658 valence electrons. The van der Waals surface area contributed by atoms with Crippen molar-refractivity contribution in [3.05, 3.63) is 0 Å². The lowest BCUT2D eigenvalue weighted by Crippen LogP contribution is -2.68. The minimum Gasteiger partial charge on any atom is -0.394 e. The van der Waals surface area contributed by atoms with E-state index in [0.717, 1.165) is 82.3 Å². The fraction of sp³-hybridized carbons (Fsp3) is 1.00. The van der Waals surface area contributed by atoms with Crippen LogP contribution in [0.2, 0.25) is 0 Å². The van der Waals surface area contributed by atoms with E-state index in [9.17, 15) is 143 Å². The standard InChI is InChI=1S/C63H112O42S7/c64-1-22(71)8-106-15-29-50-36(78)43(85)57(92-29)100-51-30(16-107-9-23(72)2-65)94-59(45(87)38(51)80)102-53-32(18-109-11-25(74)4-67)96-61(47(89)40(53)82)104-55-34(20-111-13-27(76)6-69)98-63(49(91)42(55)84)105-56-35(21-112-14-28(77)7-70)97-62(48(90)41(56)83)103-54-33(19-110-12-26(75)5-68)95-60(46(88)39(54)81)101-52-31(17-108-10-24(73)3-66)93-58(99-50)44(86)37(52)79/h22-91H,1-21H2/t22?,23?,24?,25?,26?,27?,28?,29-,30-,31-,32-,33-,34-,35-,36-,37-,38-,39-,40-,41-,42-,43-,44-,45-,46-,47-,48-,49?,50-,51-,52-,53-,54-,55-,56-,57+,58+,59+,60+,61+,62+,63+/m1/s1. The Morgan fingerprint density at radius 3 is 0.375 bits per heavy atom. The number of aliphatic hydroxyl groups excluding tert-OH is 28. The Labute approximate surface area is 672 Å². The van der Waals surface area contributed by atoms with Gasteiger partial charge in [0.2, 0.25) is 0 Å². The van der Waals surface area contributed by atoms with Gasteiger partial charge in [0.15, 0.2) is 44.0 Å². The van der Waals surface area contributed by atoms with Gasteiger partial charge in [0, 0.05) is 80.5 Å². The Bertz CT molecular complexity index is 2150. The molecule has 0 aromatic carbocycles. The zero-order valence-electron chi connectivity index (χ0n) is 60.2. The summed E-state index contributed by atoms with van der Waals surface area (Å²) in [6.07, 6.45) is -78.9. The molecule has 0 aromatic rings. The molecule has 42 atom stereocenters. The van der Waals surface area contributed by atoms with Crippen LogP contribution in [0.3, 0.4) is 0 Å². The van der Waals surface area contributed by atoms with Crippen molar-refractivity contribution >= 4 is 82.3 Å². The van der Waals surface area contributed by atoms with Gasteiger partial charge in [0.1, 0.15) is 128 Å². The van der Waals surface area contributed by atoms with Crippen LogP contribution < -0.4 is 0 Å². The van der Waals surface area contributed by atoms with Crippen LogP contribution in [-0.4, -0.2) is 527 Å². The second kappa shape index (κ2) is 48.1. The third kappa shape index (κ3) is 26.4. The van der Waals surface area contributed by atoms with Gasteiger partial charge < -0.3 is 209 Å². The van der Waals surface area contributed by atoms with Crippen LogP contribution in [0.5, 0.6) is 0 Å². The molecule has 14 bridgehead atoms. The van der Waals surface area contributed by atoms with Crippen molar-refractivity contribution in [2.45, 2.75) is 258 Å². The Hall–Kier alpha value is 0.770. The van der Waals surface area contributed by atoms with Crippen LogP contribution in [0.4, 0.5) is 0 Å². The summed E-state index contributed by atoms with van der Waals surface area (Å²) in [6, 6.07) is 0. The van der Waals surface area contributed by atoms with Crippen LogP contribution in [0, 0.1) is 0 Å². The topological polar surface area (TPSA) is 696 Å². The highest BCUT2D eigenvalue weighted by Gasteiger charge is 2.60. The van der Waals surface area contributed by atoms with Crippen molar-refractivity contribution in [3.63, 3.8) is 0 Å². The van der Waals surface area contributed by atoms with E-state index in [4.69, 9.17) is 66.3 Å². The van der Waals surface area contributed by atoms with Gasteiger partial charge in [-0.1, -0.05) is 0 Å². The van der Waals surface area contributed by atoms with E-state index in [0.29, 0.717) is 0 Å². The molecule has 21 heterocycles. The third-order valence-electron chi connectivity index (χ3n) is 19.1. The molecule has 21 fully saturated rings. The summed E-state index contributed by atoms with van der Waals surface area (Å²) in [5.74, 6) is -3.81. The molecule has 42 nitrogen and oxygen atoms in total. The SMILES string of the molecule is OCC(O)CSC[C@H]1O[C@H]2O[C@H]3[C@H](O)[C@@H](O)[C@H](O[C@H]4[C@H](O)[C@@H](O)[C@H](O[C@H]5[C@H](O)[C@@H](O)[C@H](O[C@H]6[C@H](O)[C@@H](O)[C@H](O[C@H]7[C@H](O)[C@@H](O)[C@H](O[C@H]8[C@H](O)C(O)[C@H](O[C@H]1[C@H](O)[C@H]2O)O[C@@H]8CSCC(O)CO)O[C@@H]7CSCC(O)CO)O[C@@H]6CSCC(O)CO)O[C@@H]5CSCC(O)CO)O[C@@H]4CSCC(O)CO)O[C@@H]3CSCC(O)CO. The van der Waals surface area contributed by atoms with Gasteiger partial charge in [-0.2, -0.15) is 82.3 Å². The molecule has 28 N–H and O–H groups in total. The zero-order chi connectivity index (χ0) is 81.9. The summed E-state index contributed by atoms with van der Waals surface area (Å²) in [7, 11) is 0. The van der Waals surface area contributed by atoms with Gasteiger partial charge >= 0.3 is 0 Å². The van der Waals surface area contributed by atoms with Crippen LogP contribution >= 0.6 is 82.3 Å². The van der Waals surface area contributed by atoms with Crippen molar-refractivity contribution in [2.24, 2.45) is 0 Å². The Balaban J connectivity index is 1.22. The molecule has 0 amide bonds. The highest BCUT2D eigenvalue weighted by molar-refractivity contribution is 8.00. The molecule has 8 unspecified atom stereocenters. The summed E-state index contributed by atoms with van der Waals surface area (Å²) < 4.78 is 87.8. The fourth-order valence-corrected chi connectivity index (χ4v) is 20.0. The molecule has 0 radical (unpaired) electrons. The molecular formula is C63H112O42S7. The summed E-state index contributed by atoms with van der Waals surface area (Å²) in [5.41, 5.74) is 0. The van der Waals surface area contributed by atoms with Gasteiger partial charge in [-0.25, -0.2) is 0 Å². The van der Waals surface area contributed by atoms with E-state index in [2.05, 4.69) is 0 Å². The third-order valence-corrected chi connectivity index (χ3v) is 27.4. The molecule has 49 heteroatoms. The molecule has 112 heavy (non-hydrogen) atoms. The first-order valence-corrected chi connectivity index (χ1v) is 44.3. The zero-order valence-corrected chi connectivity index (χ0v) is 65.9. The highest BCUT2D eigenvalue weighted by atomic mass is 32.2. The lowest BCUT2D eigenvalue weighted by molar-refractivity contribution is -0.389. The number of hydrogen-bond acceptors (Lipinski definition) is 49. The van der Waals surface area contributed by atoms with Gasteiger partial charge in [0.25, 0.3) is 0 Å². The largest absolute Gasteiger partial charge is 0.394 e. The molecule has 21 saturated heterocycles. The van der Waals surface area contributed by atoms with Crippen molar-refractivity contribution in [1.29, 1.82) is 0 Å². The van der Waals surface area contributed by atoms with Crippen LogP contribution in [0.15, 0.2) is 0 Å². The van der Waals surface area contributed by atoms with Crippen LogP contribution in [0.25, 0.3) is 0 Å². The molecular weight excluding hydrogens is 1650 g/mol. The van der Waals surface area contributed by atoms with Gasteiger partial charge in [0.05, 0.1) is 132 Å². The van der Waals surface area contributed by atoms with E-state index >= 15 is 0 Å². The average molecular weight is 1770 g/mol. The number of thioether (sulfide) groups is 7. The van der Waals surface area contributed by atoms with Crippen LogP contribution in [-0.2, 0) is 66.3 Å². The van der Waals surface area contributed by atoms with Gasteiger partial charge in [-0.3, -0.25) is 0 Å². The molecule has 21 rings (SSSR count). The second-order valence-corrected chi connectivity index (χ2v) is 35.5. The fourth-order valence-electron chi connectivity index (χ4n) is 12.9. The maximum absolute atomic E-state index is 12.2. The van der Waals surface area contributed by atoms with Crippen molar-refractivity contribution < 1.29 is 209 Å². The van der Waals surface area contributed by atoms with Crippen LogP contribution in [0.1, 0.15) is 0 Å². The average Bonchev–Trinajstić information content (AvgIpc) is 0.778. The lowest BCUT2D eigenvalue weighted by Gasteiger charge is -2.50. The molecule has 0 spiro atoms. The summed E-state index contributed by atoms with van der Waals surface area (Å²) >= 11 is 6.28. The maximum atomic E-state index is 12.2. The molecule has 0 aliphatic carbocycles. The van der Waals surface area contributed by atoms with Crippen molar-refractivity contribution in [2.75, 3.05) is 127 Å². The highest BCUT2D eigenvalue weighted by Crippen LogP contribution is 2.42. The van der Waals surface area contributed by atoms with E-state index < -0.39 is 304 Å². The number of ether oxygens (including phenoxy) is 14. The number of hydrogen-bond donors (Lipinski definition) is 28. The van der Waals surface area contributed by atoms with Gasteiger partial charge in [-0.15, -0.1) is 0 Å². The Morgan fingerprint density at radius 2 is 0.277 bits per heavy atom. The first-order chi connectivity index (χ1) is 53.4. The smallest absolute Gasteiger partial charge is 0.187 e. The Morgan fingerprint density at radius 1 is 0.170 bits per heavy atom. The van der Waals surface area contributed by atoms with Gasteiger partial charge in [-0.05, 0) is 0 Å². The summed E-state index contributed by atoms with van der Waals surface area (Å²) in [5, 5.41) is 311. The summed E-state index contributed by atoms with van der Waals surface area (Å²) in [6.45, 7) is -5.04. The minimum atomic E-state index is -2.26. The first kappa shape index (κ1) is 98.2. The molecule has 0 aromatic heterocycles. The molecule has 21 aliphatic rings. The van der Waals surface area contributed by atoms with Crippen molar-refractivity contribution in [1.82, 2.24) is 0 Å². The van der Waals surface area contributed by atoms with E-state index in [1.807, 2.05) is 0 Å². The van der Waals surface area contributed by atoms with Crippen molar-refractivity contribution in [3.8, 4) is 0 Å². The maximum Gasteiger partial charge on any atom is 0.187 e. The van der Waals surface area contributed by atoms with E-state index in [-0.39, 0.29) is 80.5 Å².